The van der Waals surface area contributed by atoms with Crippen molar-refractivity contribution in [2.75, 3.05) is 0 Å². The fourth-order valence-electron chi connectivity index (χ4n) is 1.95. The van der Waals surface area contributed by atoms with Crippen molar-refractivity contribution in [2.45, 2.75) is 42.0 Å². The number of nitrogens with one attached hydrogen (secondary N) is 1. The van der Waals surface area contributed by atoms with Gasteiger partial charge in [-0.3, -0.25) is 0 Å². The van der Waals surface area contributed by atoms with Crippen molar-refractivity contribution in [2.24, 2.45) is 0 Å². The predicted molar refractivity (Wildman–Crippen MR) is 67.9 cm³/mol. The van der Waals surface area contributed by atoms with E-state index in [-0.39, 0.29) is 10.3 Å². The summed E-state index contributed by atoms with van der Waals surface area (Å²) >= 11 is 6.73. The molecule has 2 rings (SSSR count). The molecule has 1 saturated carbocycles. The highest BCUT2D eigenvalue weighted by atomic mass is 35.5. The van der Waals surface area contributed by atoms with Gasteiger partial charge < -0.3 is 5.11 Å². The van der Waals surface area contributed by atoms with Crippen molar-refractivity contribution in [1.82, 2.24) is 4.72 Å². The van der Waals surface area contributed by atoms with E-state index in [4.69, 9.17) is 11.6 Å². The van der Waals surface area contributed by atoms with Crippen molar-refractivity contribution < 1.29 is 13.5 Å². The van der Waals surface area contributed by atoms with E-state index in [2.05, 4.69) is 4.72 Å². The average Bonchev–Trinajstić information content (AvgIpc) is 2.69. The van der Waals surface area contributed by atoms with Crippen LogP contribution < -0.4 is 4.72 Å². The number of halogens is 1. The summed E-state index contributed by atoms with van der Waals surface area (Å²) in [4.78, 5) is 0. The van der Waals surface area contributed by atoms with E-state index in [9.17, 15) is 13.5 Å². The van der Waals surface area contributed by atoms with Crippen LogP contribution in [0.1, 0.15) is 25.7 Å². The van der Waals surface area contributed by atoms with E-state index < -0.39 is 16.1 Å². The molecule has 1 aliphatic carbocycles. The van der Waals surface area contributed by atoms with Crippen LogP contribution in [-0.4, -0.2) is 25.7 Å². The lowest BCUT2D eigenvalue weighted by Crippen LogP contribution is -2.44. The minimum atomic E-state index is -3.55. The summed E-state index contributed by atoms with van der Waals surface area (Å²) in [6, 6.07) is 2.65. The fourth-order valence-corrected chi connectivity index (χ4v) is 4.75. The molecule has 1 aromatic rings. The van der Waals surface area contributed by atoms with Crippen LogP contribution in [0, 0.1) is 0 Å². The molecule has 0 aromatic carbocycles. The Kier molecular flexibility index (Phi) is 4.10. The maximum absolute atomic E-state index is 12.0. The van der Waals surface area contributed by atoms with E-state index in [1.807, 2.05) is 0 Å². The first-order chi connectivity index (χ1) is 7.99. The van der Waals surface area contributed by atoms with Crippen molar-refractivity contribution in [3.8, 4) is 0 Å². The summed E-state index contributed by atoms with van der Waals surface area (Å²) in [5.41, 5.74) is 0. The lowest BCUT2D eigenvalue weighted by atomic mass is 9.93. The third-order valence-corrected chi connectivity index (χ3v) is 6.06. The highest BCUT2D eigenvalue weighted by Gasteiger charge is 2.28. The zero-order valence-corrected chi connectivity index (χ0v) is 11.5. The SMILES string of the molecule is O=S(=O)(N[C@@H]1CCCC[C@H]1O)c1ccc(Cl)s1. The summed E-state index contributed by atoms with van der Waals surface area (Å²) in [6.45, 7) is 0. The second-order valence-electron chi connectivity index (χ2n) is 4.14. The van der Waals surface area contributed by atoms with Crippen LogP contribution in [0.5, 0.6) is 0 Å². The van der Waals surface area contributed by atoms with Crippen LogP contribution in [0.4, 0.5) is 0 Å². The van der Waals surface area contributed by atoms with Crippen LogP contribution in [0.2, 0.25) is 4.34 Å². The van der Waals surface area contributed by atoms with Gasteiger partial charge in [-0.25, -0.2) is 13.1 Å². The van der Waals surface area contributed by atoms with Gasteiger partial charge in [0.2, 0.25) is 10.0 Å². The molecule has 4 nitrogen and oxygen atoms in total. The number of sulfonamides is 1. The summed E-state index contributed by atoms with van der Waals surface area (Å²) in [5, 5.41) is 9.73. The molecule has 1 aliphatic rings. The Morgan fingerprint density at radius 1 is 1.35 bits per heavy atom. The minimum Gasteiger partial charge on any atom is -0.391 e. The van der Waals surface area contributed by atoms with Crippen molar-refractivity contribution >= 4 is 33.0 Å². The first-order valence-corrected chi connectivity index (χ1v) is 8.12. The third kappa shape index (κ3) is 3.20. The molecule has 2 atom stereocenters. The van der Waals surface area contributed by atoms with E-state index in [0.29, 0.717) is 17.2 Å². The second kappa shape index (κ2) is 5.24. The van der Waals surface area contributed by atoms with Crippen molar-refractivity contribution in [3.63, 3.8) is 0 Å². The zero-order chi connectivity index (χ0) is 12.5. The third-order valence-electron chi connectivity index (χ3n) is 2.85. The molecule has 0 spiro atoms. The molecule has 1 aromatic heterocycles. The molecule has 1 heterocycles. The Balaban J connectivity index is 2.11. The van der Waals surface area contributed by atoms with E-state index in [1.54, 1.807) is 6.07 Å². The van der Waals surface area contributed by atoms with E-state index in [1.165, 1.54) is 6.07 Å². The molecule has 0 bridgehead atoms. The van der Waals surface area contributed by atoms with Crippen molar-refractivity contribution in [3.05, 3.63) is 16.5 Å². The molecule has 0 unspecified atom stereocenters. The van der Waals surface area contributed by atoms with Gasteiger partial charge in [-0.15, -0.1) is 11.3 Å². The number of rotatable bonds is 3. The molecule has 17 heavy (non-hydrogen) atoms. The van der Waals surface area contributed by atoms with Crippen molar-refractivity contribution in [1.29, 1.82) is 0 Å². The van der Waals surface area contributed by atoms with E-state index in [0.717, 1.165) is 24.2 Å². The lowest BCUT2D eigenvalue weighted by molar-refractivity contribution is 0.101. The Bertz CT molecular complexity index is 485. The summed E-state index contributed by atoms with van der Waals surface area (Å²) in [5.74, 6) is 0. The van der Waals surface area contributed by atoms with Gasteiger partial charge in [0.25, 0.3) is 0 Å². The number of hydrogen-bond donors (Lipinski definition) is 2. The Labute approximate surface area is 110 Å². The quantitative estimate of drug-likeness (QED) is 0.896. The molecular formula is C10H14ClNO3S2. The molecule has 96 valence electrons. The first-order valence-electron chi connectivity index (χ1n) is 5.45. The topological polar surface area (TPSA) is 66.4 Å². The van der Waals surface area contributed by atoms with Gasteiger partial charge in [-0.1, -0.05) is 24.4 Å². The van der Waals surface area contributed by atoms with Gasteiger partial charge in [0.15, 0.2) is 0 Å². The maximum atomic E-state index is 12.0. The number of aliphatic hydroxyl groups excluding tert-OH is 1. The Hall–Kier alpha value is -0.140. The predicted octanol–water partition coefficient (Wildman–Crippen LogP) is 1.98. The van der Waals surface area contributed by atoms with Gasteiger partial charge in [0.05, 0.1) is 10.4 Å². The monoisotopic (exact) mass is 295 g/mol. The maximum Gasteiger partial charge on any atom is 0.250 e. The Morgan fingerprint density at radius 2 is 2.06 bits per heavy atom. The highest BCUT2D eigenvalue weighted by molar-refractivity contribution is 7.91. The molecule has 2 N–H and O–H groups in total. The molecular weight excluding hydrogens is 282 g/mol. The summed E-state index contributed by atoms with van der Waals surface area (Å²) in [6.07, 6.45) is 2.63. The highest BCUT2D eigenvalue weighted by Crippen LogP contribution is 2.27. The van der Waals surface area contributed by atoms with Crippen LogP contribution in [0.15, 0.2) is 16.3 Å². The molecule has 7 heteroatoms. The average molecular weight is 296 g/mol. The summed E-state index contributed by atoms with van der Waals surface area (Å²) < 4.78 is 27.2. The number of aliphatic hydroxyl groups is 1. The lowest BCUT2D eigenvalue weighted by Gasteiger charge is -2.27. The molecule has 0 radical (unpaired) electrons. The molecule has 1 fully saturated rings. The second-order valence-corrected chi connectivity index (χ2v) is 7.79. The largest absolute Gasteiger partial charge is 0.391 e. The van der Waals surface area contributed by atoms with Gasteiger partial charge in [-0.2, -0.15) is 0 Å². The van der Waals surface area contributed by atoms with Gasteiger partial charge in [0, 0.05) is 6.04 Å². The van der Waals surface area contributed by atoms with Crippen LogP contribution in [0.3, 0.4) is 0 Å². The van der Waals surface area contributed by atoms with Crippen LogP contribution in [0.25, 0.3) is 0 Å². The molecule has 0 amide bonds. The zero-order valence-electron chi connectivity index (χ0n) is 9.10. The van der Waals surface area contributed by atoms with Crippen LogP contribution >= 0.6 is 22.9 Å². The van der Waals surface area contributed by atoms with Gasteiger partial charge in [0.1, 0.15) is 4.21 Å². The molecule has 0 saturated heterocycles. The smallest absolute Gasteiger partial charge is 0.250 e. The van der Waals surface area contributed by atoms with Crippen LogP contribution in [-0.2, 0) is 10.0 Å². The molecule has 0 aliphatic heterocycles. The van der Waals surface area contributed by atoms with Gasteiger partial charge >= 0.3 is 0 Å². The first kappa shape index (κ1) is 13.3. The standard InChI is InChI=1S/C10H14ClNO3S2/c11-9-5-6-10(16-9)17(14,15)12-7-3-1-2-4-8(7)13/h5-8,12-13H,1-4H2/t7-,8-/m1/s1. The fraction of sp³-hybridized carbons (Fsp3) is 0.600. The normalized spacial score (nSPS) is 26.0. The number of hydrogen-bond acceptors (Lipinski definition) is 4. The van der Waals surface area contributed by atoms with Gasteiger partial charge in [-0.05, 0) is 25.0 Å². The minimum absolute atomic E-state index is 0.195. The summed E-state index contributed by atoms with van der Waals surface area (Å²) in [7, 11) is -3.55. The van der Waals surface area contributed by atoms with E-state index >= 15 is 0 Å². The number of thiophene rings is 1. The Morgan fingerprint density at radius 3 is 2.65 bits per heavy atom.